The summed E-state index contributed by atoms with van der Waals surface area (Å²) in [5.74, 6) is 0.850. The molecule has 0 aliphatic rings. The van der Waals surface area contributed by atoms with Crippen LogP contribution in [0, 0.1) is 12.8 Å². The normalized spacial score (nSPS) is 12.2. The van der Waals surface area contributed by atoms with Crippen LogP contribution in [0.2, 0.25) is 5.02 Å². The molecule has 0 heterocycles. The van der Waals surface area contributed by atoms with E-state index < -0.39 is 0 Å². The second-order valence-corrected chi connectivity index (χ2v) is 4.05. The lowest BCUT2D eigenvalue weighted by Gasteiger charge is -2.05. The van der Waals surface area contributed by atoms with Crippen LogP contribution in [-0.2, 0) is 0 Å². The monoisotopic (exact) mass is 210 g/mol. The molecule has 14 heavy (non-hydrogen) atoms. The third kappa shape index (κ3) is 2.74. The molecule has 0 fully saturated rings. The fourth-order valence-corrected chi connectivity index (χ4v) is 1.25. The summed E-state index contributed by atoms with van der Waals surface area (Å²) < 4.78 is 0. The lowest BCUT2D eigenvalue weighted by Crippen LogP contribution is -2.18. The first-order chi connectivity index (χ1) is 6.50. The molecule has 0 aromatic heterocycles. The molecular formula is C11H15ClN2. The Morgan fingerprint density at radius 1 is 1.43 bits per heavy atom. The molecule has 1 aromatic carbocycles. The van der Waals surface area contributed by atoms with E-state index in [9.17, 15) is 0 Å². The quantitative estimate of drug-likeness (QED) is 0.591. The van der Waals surface area contributed by atoms with Crippen LogP contribution in [0.1, 0.15) is 19.4 Å². The zero-order valence-corrected chi connectivity index (χ0v) is 9.47. The Balaban J connectivity index is 3.03. The number of rotatable bonds is 2. The molecule has 1 aromatic rings. The van der Waals surface area contributed by atoms with Crippen LogP contribution in [0.5, 0.6) is 0 Å². The highest BCUT2D eigenvalue weighted by molar-refractivity contribution is 6.33. The molecule has 3 heteroatoms. The summed E-state index contributed by atoms with van der Waals surface area (Å²) in [4.78, 5) is 4.26. The summed E-state index contributed by atoms with van der Waals surface area (Å²) in [6.07, 6.45) is 0. The summed E-state index contributed by atoms with van der Waals surface area (Å²) in [5, 5.41) is 0.647. The maximum absolute atomic E-state index is 6.02. The molecule has 0 amide bonds. The van der Waals surface area contributed by atoms with Gasteiger partial charge in [-0.05, 0) is 24.6 Å². The van der Waals surface area contributed by atoms with Gasteiger partial charge in [-0.3, -0.25) is 0 Å². The molecule has 0 aliphatic heterocycles. The summed E-state index contributed by atoms with van der Waals surface area (Å²) in [7, 11) is 0. The predicted octanol–water partition coefficient (Wildman–Crippen LogP) is 3.29. The number of benzene rings is 1. The van der Waals surface area contributed by atoms with E-state index in [1.54, 1.807) is 0 Å². The van der Waals surface area contributed by atoms with E-state index in [0.29, 0.717) is 10.9 Å². The number of hydrogen-bond acceptors (Lipinski definition) is 1. The molecule has 0 aliphatic carbocycles. The van der Waals surface area contributed by atoms with Crippen LogP contribution < -0.4 is 5.73 Å². The zero-order chi connectivity index (χ0) is 10.7. The van der Waals surface area contributed by atoms with Crippen molar-refractivity contribution < 1.29 is 0 Å². The molecule has 0 saturated carbocycles. The maximum atomic E-state index is 6.02. The molecule has 0 bridgehead atoms. The van der Waals surface area contributed by atoms with Crippen molar-refractivity contribution in [2.45, 2.75) is 20.8 Å². The van der Waals surface area contributed by atoms with Gasteiger partial charge < -0.3 is 5.73 Å². The average Bonchev–Trinajstić information content (AvgIpc) is 2.09. The van der Waals surface area contributed by atoms with Crippen molar-refractivity contribution in [3.8, 4) is 0 Å². The highest BCUT2D eigenvalue weighted by atomic mass is 35.5. The van der Waals surface area contributed by atoms with Gasteiger partial charge in [-0.1, -0.05) is 31.5 Å². The minimum absolute atomic E-state index is 0.243. The van der Waals surface area contributed by atoms with E-state index in [4.69, 9.17) is 17.3 Å². The van der Waals surface area contributed by atoms with Gasteiger partial charge in [0.1, 0.15) is 5.84 Å². The fourth-order valence-electron chi connectivity index (χ4n) is 0.971. The number of nitrogens with zero attached hydrogens (tertiary/aromatic N) is 1. The Hall–Kier alpha value is -1.02. The van der Waals surface area contributed by atoms with Crippen LogP contribution in [0.15, 0.2) is 23.2 Å². The fraction of sp³-hybridized carbons (Fsp3) is 0.364. The molecule has 0 radical (unpaired) electrons. The highest BCUT2D eigenvalue weighted by Gasteiger charge is 2.02. The van der Waals surface area contributed by atoms with Gasteiger partial charge >= 0.3 is 0 Å². The second kappa shape index (κ2) is 4.47. The van der Waals surface area contributed by atoms with Gasteiger partial charge in [-0.15, -0.1) is 0 Å². The Morgan fingerprint density at radius 3 is 2.57 bits per heavy atom. The van der Waals surface area contributed by atoms with Crippen molar-refractivity contribution >= 4 is 23.1 Å². The third-order valence-electron chi connectivity index (χ3n) is 1.94. The van der Waals surface area contributed by atoms with Gasteiger partial charge in [0.05, 0.1) is 10.7 Å². The Kier molecular flexibility index (Phi) is 3.53. The van der Waals surface area contributed by atoms with Crippen LogP contribution in [0.25, 0.3) is 0 Å². The molecule has 1 rings (SSSR count). The van der Waals surface area contributed by atoms with Crippen LogP contribution >= 0.6 is 11.6 Å². The van der Waals surface area contributed by atoms with Gasteiger partial charge in [-0.2, -0.15) is 0 Å². The van der Waals surface area contributed by atoms with Gasteiger partial charge in [0, 0.05) is 5.92 Å². The summed E-state index contributed by atoms with van der Waals surface area (Å²) in [6, 6.07) is 5.74. The molecule has 0 atom stereocenters. The van der Waals surface area contributed by atoms with Gasteiger partial charge in [0.2, 0.25) is 0 Å². The highest BCUT2D eigenvalue weighted by Crippen LogP contribution is 2.25. The zero-order valence-electron chi connectivity index (χ0n) is 8.71. The Morgan fingerprint density at radius 2 is 2.07 bits per heavy atom. The van der Waals surface area contributed by atoms with Crippen molar-refractivity contribution in [2.75, 3.05) is 0 Å². The summed E-state index contributed by atoms with van der Waals surface area (Å²) >= 11 is 6.02. The molecule has 76 valence electrons. The van der Waals surface area contributed by atoms with Gasteiger partial charge in [0.15, 0.2) is 0 Å². The van der Waals surface area contributed by atoms with E-state index in [1.165, 1.54) is 0 Å². The molecule has 0 saturated heterocycles. The first-order valence-corrected chi connectivity index (χ1v) is 4.98. The molecule has 0 unspecified atom stereocenters. The average molecular weight is 211 g/mol. The van der Waals surface area contributed by atoms with Crippen molar-refractivity contribution in [2.24, 2.45) is 16.6 Å². The van der Waals surface area contributed by atoms with Crippen molar-refractivity contribution in [3.63, 3.8) is 0 Å². The smallest absolute Gasteiger partial charge is 0.102 e. The minimum Gasteiger partial charge on any atom is -0.387 e. The molecule has 2 nitrogen and oxygen atoms in total. The van der Waals surface area contributed by atoms with E-state index >= 15 is 0 Å². The van der Waals surface area contributed by atoms with Crippen molar-refractivity contribution in [3.05, 3.63) is 28.8 Å². The Bertz CT molecular complexity index is 356. The van der Waals surface area contributed by atoms with E-state index in [0.717, 1.165) is 11.3 Å². The summed E-state index contributed by atoms with van der Waals surface area (Å²) in [5.41, 5.74) is 7.61. The third-order valence-corrected chi connectivity index (χ3v) is 2.25. The lowest BCUT2D eigenvalue weighted by atomic mass is 10.2. The standard InChI is InChI=1S/C11H15ClN2/c1-7(2)11(13)14-10-5-4-8(3)6-9(10)12/h4-7H,1-3H3,(H2,13,14). The van der Waals surface area contributed by atoms with Gasteiger partial charge in [0.25, 0.3) is 0 Å². The summed E-state index contributed by atoms with van der Waals surface area (Å²) in [6.45, 7) is 5.99. The number of amidine groups is 1. The number of aryl methyl sites for hydroxylation is 1. The SMILES string of the molecule is Cc1ccc(N=C(N)C(C)C)c(Cl)c1. The lowest BCUT2D eigenvalue weighted by molar-refractivity contribution is 0.873. The van der Waals surface area contributed by atoms with E-state index in [-0.39, 0.29) is 5.92 Å². The maximum Gasteiger partial charge on any atom is 0.102 e. The van der Waals surface area contributed by atoms with Crippen molar-refractivity contribution in [1.29, 1.82) is 0 Å². The van der Waals surface area contributed by atoms with Gasteiger partial charge in [-0.25, -0.2) is 4.99 Å². The number of hydrogen-bond donors (Lipinski definition) is 1. The first-order valence-electron chi connectivity index (χ1n) is 4.61. The number of nitrogens with two attached hydrogens (primary N) is 1. The van der Waals surface area contributed by atoms with Crippen LogP contribution in [0.3, 0.4) is 0 Å². The van der Waals surface area contributed by atoms with E-state index in [1.807, 2.05) is 39.0 Å². The number of halogens is 1. The largest absolute Gasteiger partial charge is 0.387 e. The predicted molar refractivity (Wildman–Crippen MR) is 62.3 cm³/mol. The van der Waals surface area contributed by atoms with Crippen molar-refractivity contribution in [1.82, 2.24) is 0 Å². The van der Waals surface area contributed by atoms with Crippen LogP contribution in [0.4, 0.5) is 5.69 Å². The topological polar surface area (TPSA) is 38.4 Å². The first kappa shape index (κ1) is 11.1. The molecule has 2 N–H and O–H groups in total. The number of aliphatic imine (C=N–C) groups is 1. The van der Waals surface area contributed by atoms with E-state index in [2.05, 4.69) is 4.99 Å². The molecular weight excluding hydrogens is 196 g/mol. The second-order valence-electron chi connectivity index (χ2n) is 3.65. The minimum atomic E-state index is 0.243. The van der Waals surface area contributed by atoms with Crippen LogP contribution in [-0.4, -0.2) is 5.84 Å². The Labute approximate surface area is 89.8 Å². The molecule has 0 spiro atoms.